The maximum Gasteiger partial charge on any atom is 0.407 e. The van der Waals surface area contributed by atoms with Gasteiger partial charge in [-0.25, -0.2) is 9.59 Å². The number of rotatable bonds is 6. The van der Waals surface area contributed by atoms with Crippen molar-refractivity contribution in [2.75, 3.05) is 13.2 Å². The molecule has 0 fully saturated rings. The van der Waals surface area contributed by atoms with Gasteiger partial charge in [-0.3, -0.25) is 0 Å². The minimum atomic E-state index is -1.19. The number of hydrogen-bond acceptors (Lipinski definition) is 4. The van der Waals surface area contributed by atoms with E-state index in [4.69, 9.17) is 14.9 Å². The van der Waals surface area contributed by atoms with Gasteiger partial charge in [-0.1, -0.05) is 13.8 Å². The van der Waals surface area contributed by atoms with Gasteiger partial charge in [0.1, 0.15) is 6.04 Å². The van der Waals surface area contributed by atoms with Crippen LogP contribution < -0.4 is 5.32 Å². The number of aliphatic hydroxyl groups is 1. The molecular weight excluding hydrogens is 202 g/mol. The summed E-state index contributed by atoms with van der Waals surface area (Å²) in [7, 11) is 0. The molecule has 0 unspecified atom stereocenters. The molecule has 6 heteroatoms. The van der Waals surface area contributed by atoms with E-state index in [1.54, 1.807) is 0 Å². The third-order valence-electron chi connectivity index (χ3n) is 1.56. The third kappa shape index (κ3) is 6.73. The summed E-state index contributed by atoms with van der Waals surface area (Å²) in [5.74, 6) is -0.998. The largest absolute Gasteiger partial charge is 0.480 e. The Morgan fingerprint density at radius 2 is 2.00 bits per heavy atom. The molecule has 15 heavy (non-hydrogen) atoms. The van der Waals surface area contributed by atoms with Crippen molar-refractivity contribution in [3.8, 4) is 0 Å². The highest BCUT2D eigenvalue weighted by Crippen LogP contribution is 1.96. The smallest absolute Gasteiger partial charge is 0.407 e. The highest BCUT2D eigenvalue weighted by Gasteiger charge is 2.19. The average Bonchev–Trinajstić information content (AvgIpc) is 2.14. The Morgan fingerprint density at radius 1 is 1.40 bits per heavy atom. The molecule has 0 heterocycles. The van der Waals surface area contributed by atoms with Crippen LogP contribution in [0.4, 0.5) is 4.79 Å². The molecule has 0 saturated heterocycles. The second-order valence-corrected chi connectivity index (χ2v) is 3.54. The Hall–Kier alpha value is -1.30. The lowest BCUT2D eigenvalue weighted by molar-refractivity contribution is -0.139. The summed E-state index contributed by atoms with van der Waals surface area (Å²) in [6.45, 7) is 3.67. The highest BCUT2D eigenvalue weighted by atomic mass is 16.5. The lowest BCUT2D eigenvalue weighted by atomic mass is 10.2. The first-order valence-corrected chi connectivity index (χ1v) is 4.74. The van der Waals surface area contributed by atoms with E-state index in [9.17, 15) is 9.59 Å². The number of carboxylic acids is 1. The first-order chi connectivity index (χ1) is 6.97. The Labute approximate surface area is 88.2 Å². The minimum Gasteiger partial charge on any atom is -0.480 e. The summed E-state index contributed by atoms with van der Waals surface area (Å²) in [4.78, 5) is 21.6. The number of carbonyl (C=O) groups excluding carboxylic acids is 1. The lowest BCUT2D eigenvalue weighted by Crippen LogP contribution is -2.41. The van der Waals surface area contributed by atoms with Crippen LogP contribution >= 0.6 is 0 Å². The highest BCUT2D eigenvalue weighted by molar-refractivity contribution is 5.79. The summed E-state index contributed by atoms with van der Waals surface area (Å²) in [5, 5.41) is 19.4. The number of alkyl carbamates (subject to hydrolysis) is 1. The van der Waals surface area contributed by atoms with Crippen LogP contribution in [0, 0.1) is 5.92 Å². The first kappa shape index (κ1) is 13.7. The molecule has 0 radical (unpaired) electrons. The third-order valence-corrected chi connectivity index (χ3v) is 1.56. The number of nitrogens with one attached hydrogen (secondary N) is 1. The monoisotopic (exact) mass is 219 g/mol. The average molecular weight is 219 g/mol. The molecule has 0 rings (SSSR count). The van der Waals surface area contributed by atoms with Crippen molar-refractivity contribution in [2.24, 2.45) is 5.92 Å². The predicted octanol–water partition coefficient (Wildman–Crippen LogP) is 0.204. The van der Waals surface area contributed by atoms with Crippen molar-refractivity contribution in [3.05, 3.63) is 0 Å². The molecule has 0 bridgehead atoms. The van der Waals surface area contributed by atoms with Gasteiger partial charge in [0.25, 0.3) is 0 Å². The van der Waals surface area contributed by atoms with E-state index >= 15 is 0 Å². The number of hydrogen-bond donors (Lipinski definition) is 3. The zero-order chi connectivity index (χ0) is 11.8. The van der Waals surface area contributed by atoms with Crippen LogP contribution in [0.2, 0.25) is 0 Å². The van der Waals surface area contributed by atoms with E-state index in [0.29, 0.717) is 0 Å². The van der Waals surface area contributed by atoms with Gasteiger partial charge in [-0.2, -0.15) is 0 Å². The molecule has 0 aliphatic carbocycles. The number of ether oxygens (including phenoxy) is 1. The van der Waals surface area contributed by atoms with Crippen molar-refractivity contribution in [1.29, 1.82) is 0 Å². The maximum atomic E-state index is 11.1. The Balaban J connectivity index is 3.94. The number of aliphatic hydroxyl groups excluding tert-OH is 1. The number of aliphatic carboxylic acids is 1. The minimum absolute atomic E-state index is 0.0356. The van der Waals surface area contributed by atoms with Gasteiger partial charge in [-0.15, -0.1) is 0 Å². The van der Waals surface area contributed by atoms with Crippen molar-refractivity contribution < 1.29 is 24.5 Å². The van der Waals surface area contributed by atoms with Crippen LogP contribution in [0.5, 0.6) is 0 Å². The van der Waals surface area contributed by atoms with Crippen LogP contribution in [0.25, 0.3) is 0 Å². The SMILES string of the molecule is CC(C)COC(=O)N[C@H](CCO)C(=O)O. The van der Waals surface area contributed by atoms with E-state index in [1.165, 1.54) is 0 Å². The number of carboxylic acid groups (broad SMARTS) is 1. The summed E-state index contributed by atoms with van der Waals surface area (Å²) in [5.41, 5.74) is 0. The van der Waals surface area contributed by atoms with E-state index in [2.05, 4.69) is 5.32 Å². The van der Waals surface area contributed by atoms with E-state index in [0.717, 1.165) is 0 Å². The molecular formula is C9H17NO5. The van der Waals surface area contributed by atoms with Crippen LogP contribution in [-0.4, -0.2) is 41.5 Å². The molecule has 0 aliphatic heterocycles. The van der Waals surface area contributed by atoms with Gasteiger partial charge in [0, 0.05) is 13.0 Å². The van der Waals surface area contributed by atoms with Crippen LogP contribution in [-0.2, 0) is 9.53 Å². The van der Waals surface area contributed by atoms with Crippen molar-refractivity contribution in [3.63, 3.8) is 0 Å². The molecule has 3 N–H and O–H groups in total. The van der Waals surface area contributed by atoms with Crippen molar-refractivity contribution in [1.82, 2.24) is 5.32 Å². The van der Waals surface area contributed by atoms with Gasteiger partial charge in [0.05, 0.1) is 6.61 Å². The molecule has 88 valence electrons. The first-order valence-electron chi connectivity index (χ1n) is 4.74. The molecule has 0 saturated carbocycles. The predicted molar refractivity (Wildman–Crippen MR) is 52.4 cm³/mol. The molecule has 0 spiro atoms. The molecule has 0 aromatic rings. The molecule has 1 atom stereocenters. The fourth-order valence-electron chi connectivity index (χ4n) is 0.813. The molecule has 0 aromatic heterocycles. The molecule has 0 aliphatic rings. The van der Waals surface area contributed by atoms with Crippen molar-refractivity contribution >= 4 is 12.1 Å². The number of amides is 1. The van der Waals surface area contributed by atoms with Crippen LogP contribution in [0.3, 0.4) is 0 Å². The Bertz CT molecular complexity index is 217. The normalized spacial score (nSPS) is 12.3. The maximum absolute atomic E-state index is 11.1. The zero-order valence-corrected chi connectivity index (χ0v) is 8.90. The van der Waals surface area contributed by atoms with Crippen LogP contribution in [0.15, 0.2) is 0 Å². The van der Waals surface area contributed by atoms with Gasteiger partial charge >= 0.3 is 12.1 Å². The fourth-order valence-corrected chi connectivity index (χ4v) is 0.813. The van der Waals surface area contributed by atoms with Gasteiger partial charge in [0.15, 0.2) is 0 Å². The summed E-state index contributed by atoms with van der Waals surface area (Å²) in [6.07, 6.45) is -0.809. The second-order valence-electron chi connectivity index (χ2n) is 3.54. The topological polar surface area (TPSA) is 95.9 Å². The summed E-state index contributed by atoms with van der Waals surface area (Å²) in [6, 6.07) is -1.10. The van der Waals surface area contributed by atoms with Gasteiger partial charge in [0.2, 0.25) is 0 Å². The van der Waals surface area contributed by atoms with E-state index in [-0.39, 0.29) is 25.6 Å². The molecule has 6 nitrogen and oxygen atoms in total. The van der Waals surface area contributed by atoms with Gasteiger partial charge in [-0.05, 0) is 5.92 Å². The van der Waals surface area contributed by atoms with Gasteiger partial charge < -0.3 is 20.3 Å². The van der Waals surface area contributed by atoms with E-state index < -0.39 is 18.1 Å². The fraction of sp³-hybridized carbons (Fsp3) is 0.778. The van der Waals surface area contributed by atoms with E-state index in [1.807, 2.05) is 13.8 Å². The second kappa shape index (κ2) is 7.05. The summed E-state index contributed by atoms with van der Waals surface area (Å²) >= 11 is 0. The summed E-state index contributed by atoms with van der Waals surface area (Å²) < 4.78 is 4.74. The molecule has 0 aromatic carbocycles. The Kier molecular flexibility index (Phi) is 6.44. The standard InChI is InChI=1S/C9H17NO5/c1-6(2)5-15-9(14)10-7(3-4-11)8(12)13/h6-7,11H,3-5H2,1-2H3,(H,10,14)(H,12,13)/t7-/m1/s1. The van der Waals surface area contributed by atoms with Crippen molar-refractivity contribution in [2.45, 2.75) is 26.3 Å². The zero-order valence-electron chi connectivity index (χ0n) is 8.90. The van der Waals surface area contributed by atoms with Crippen LogP contribution in [0.1, 0.15) is 20.3 Å². The lowest BCUT2D eigenvalue weighted by Gasteiger charge is -2.14. The number of carbonyl (C=O) groups is 2. The quantitative estimate of drug-likeness (QED) is 0.593. The Morgan fingerprint density at radius 3 is 2.40 bits per heavy atom. The molecule has 1 amide bonds.